The van der Waals surface area contributed by atoms with Gasteiger partial charge in [0, 0.05) is 20.3 Å². The Hall–Kier alpha value is -1.89. The first-order valence-corrected chi connectivity index (χ1v) is 7.03. The number of imidazole rings is 1. The fourth-order valence-electron chi connectivity index (χ4n) is 2.82. The minimum atomic E-state index is -0.705. The molecule has 1 aliphatic rings. The molecule has 1 atom stereocenters. The maximum Gasteiger partial charge on any atom is 0.266 e. The number of hydrogen-bond acceptors (Lipinski definition) is 4. The van der Waals surface area contributed by atoms with Crippen molar-refractivity contribution in [3.63, 3.8) is 0 Å². The van der Waals surface area contributed by atoms with Crippen molar-refractivity contribution >= 4 is 11.8 Å². The molecule has 0 saturated heterocycles. The summed E-state index contributed by atoms with van der Waals surface area (Å²) in [6, 6.07) is -0.705. The summed E-state index contributed by atoms with van der Waals surface area (Å²) in [5.74, 6) is -0.799. The van der Waals surface area contributed by atoms with Gasteiger partial charge in [-0.15, -0.1) is 0 Å². The third-order valence-electron chi connectivity index (χ3n) is 4.10. The zero-order valence-electron chi connectivity index (χ0n) is 12.8. The first kappa shape index (κ1) is 15.5. The lowest BCUT2D eigenvalue weighted by atomic mass is 9.96. The summed E-state index contributed by atoms with van der Waals surface area (Å²) in [6.07, 6.45) is 4.98. The number of rotatable bonds is 5. The third kappa shape index (κ3) is 2.65. The van der Waals surface area contributed by atoms with E-state index >= 15 is 0 Å². The first-order chi connectivity index (χ1) is 9.83. The van der Waals surface area contributed by atoms with Crippen LogP contribution in [0.4, 0.5) is 0 Å². The van der Waals surface area contributed by atoms with E-state index in [1.807, 2.05) is 31.7 Å². The molecule has 1 saturated carbocycles. The van der Waals surface area contributed by atoms with E-state index in [0.717, 1.165) is 18.5 Å². The Morgan fingerprint density at radius 1 is 1.48 bits per heavy atom. The van der Waals surface area contributed by atoms with Crippen molar-refractivity contribution in [2.24, 2.45) is 13.0 Å². The zero-order chi connectivity index (χ0) is 15.8. The molecule has 1 aromatic rings. The van der Waals surface area contributed by atoms with Crippen molar-refractivity contribution < 1.29 is 14.8 Å². The van der Waals surface area contributed by atoms with Gasteiger partial charge in [0.1, 0.15) is 6.04 Å². The molecule has 0 bridgehead atoms. The summed E-state index contributed by atoms with van der Waals surface area (Å²) in [5.41, 5.74) is 1.78. The molecule has 0 radical (unpaired) electrons. The molecule has 0 unspecified atom stereocenters. The monoisotopic (exact) mass is 294 g/mol. The number of nitrogens with zero attached hydrogens (tertiary/aromatic N) is 3. The molecule has 1 aromatic heterocycles. The number of amides is 2. The van der Waals surface area contributed by atoms with Crippen LogP contribution < -0.4 is 5.48 Å². The van der Waals surface area contributed by atoms with Gasteiger partial charge in [0.2, 0.25) is 5.91 Å². The number of aromatic nitrogens is 2. The van der Waals surface area contributed by atoms with Gasteiger partial charge in [-0.3, -0.25) is 14.8 Å². The van der Waals surface area contributed by atoms with Gasteiger partial charge >= 0.3 is 0 Å². The van der Waals surface area contributed by atoms with E-state index in [9.17, 15) is 9.59 Å². The van der Waals surface area contributed by atoms with E-state index in [1.54, 1.807) is 18.9 Å². The highest BCUT2D eigenvalue weighted by atomic mass is 16.5. The van der Waals surface area contributed by atoms with Gasteiger partial charge in [-0.25, -0.2) is 10.5 Å². The second-order valence-electron chi connectivity index (χ2n) is 6.09. The predicted molar refractivity (Wildman–Crippen MR) is 75.4 cm³/mol. The molecule has 116 valence electrons. The van der Waals surface area contributed by atoms with Crippen LogP contribution in [0.1, 0.15) is 32.4 Å². The van der Waals surface area contributed by atoms with Gasteiger partial charge in [-0.05, 0) is 18.8 Å². The van der Waals surface area contributed by atoms with E-state index in [1.165, 1.54) is 4.90 Å². The Labute approximate surface area is 123 Å². The van der Waals surface area contributed by atoms with Crippen LogP contribution in [0.3, 0.4) is 0 Å². The lowest BCUT2D eigenvalue weighted by molar-refractivity contribution is -0.146. The van der Waals surface area contributed by atoms with Crippen molar-refractivity contribution in [3.05, 3.63) is 18.2 Å². The Balaban J connectivity index is 2.24. The molecule has 2 amide bonds. The van der Waals surface area contributed by atoms with E-state index in [-0.39, 0.29) is 11.8 Å². The number of nitrogens with one attached hydrogen (secondary N) is 1. The topological polar surface area (TPSA) is 87.5 Å². The molecule has 2 N–H and O–H groups in total. The molecule has 0 aliphatic heterocycles. The summed E-state index contributed by atoms with van der Waals surface area (Å²) in [4.78, 5) is 30.3. The van der Waals surface area contributed by atoms with Gasteiger partial charge in [0.15, 0.2) is 0 Å². The van der Waals surface area contributed by atoms with Crippen molar-refractivity contribution in [2.75, 3.05) is 7.05 Å². The lowest BCUT2D eigenvalue weighted by Gasteiger charge is -2.31. The summed E-state index contributed by atoms with van der Waals surface area (Å²) in [7, 11) is 3.46. The zero-order valence-corrected chi connectivity index (χ0v) is 12.8. The second-order valence-corrected chi connectivity index (χ2v) is 6.09. The molecule has 7 nitrogen and oxygen atoms in total. The van der Waals surface area contributed by atoms with Crippen LogP contribution in [0.15, 0.2) is 12.5 Å². The molecule has 7 heteroatoms. The SMILES string of the molecule is CC(C)[C@H](C(=O)NO)N(C)C(=O)C1(c2cn(C)cn2)CC1. The third-order valence-corrected chi connectivity index (χ3v) is 4.10. The highest BCUT2D eigenvalue weighted by molar-refractivity contribution is 5.94. The Kier molecular flexibility index (Phi) is 4.04. The predicted octanol–water partition coefficient (Wildman–Crippen LogP) is 0.440. The number of hydrogen-bond donors (Lipinski definition) is 2. The van der Waals surface area contributed by atoms with Crippen LogP contribution >= 0.6 is 0 Å². The number of carbonyl (C=O) groups is 2. The summed E-state index contributed by atoms with van der Waals surface area (Å²) >= 11 is 0. The van der Waals surface area contributed by atoms with E-state index in [2.05, 4.69) is 4.98 Å². The average Bonchev–Trinajstić information content (AvgIpc) is 3.13. The van der Waals surface area contributed by atoms with Gasteiger partial charge in [0.05, 0.1) is 17.4 Å². The Morgan fingerprint density at radius 3 is 2.48 bits per heavy atom. The summed E-state index contributed by atoms with van der Waals surface area (Å²) < 4.78 is 1.81. The molecule has 1 heterocycles. The van der Waals surface area contributed by atoms with Gasteiger partial charge in [0.25, 0.3) is 5.91 Å². The molecule has 0 aromatic carbocycles. The minimum Gasteiger partial charge on any atom is -0.340 e. The van der Waals surface area contributed by atoms with Gasteiger partial charge < -0.3 is 9.47 Å². The summed E-state index contributed by atoms with van der Waals surface area (Å²) in [5, 5.41) is 8.87. The summed E-state index contributed by atoms with van der Waals surface area (Å²) in [6.45, 7) is 3.67. The van der Waals surface area contributed by atoms with Gasteiger partial charge in [-0.2, -0.15) is 0 Å². The smallest absolute Gasteiger partial charge is 0.266 e. The highest BCUT2D eigenvalue weighted by Crippen LogP contribution is 2.49. The first-order valence-electron chi connectivity index (χ1n) is 7.03. The largest absolute Gasteiger partial charge is 0.340 e. The molecule has 21 heavy (non-hydrogen) atoms. The molecule has 2 rings (SSSR count). The molecule has 0 spiro atoms. The maximum absolute atomic E-state index is 12.8. The minimum absolute atomic E-state index is 0.106. The Bertz CT molecular complexity index is 548. The number of likely N-dealkylation sites (N-methyl/N-ethyl adjacent to an activating group) is 1. The standard InChI is InChI=1S/C14H22N4O3/c1-9(2)11(12(19)16-21)18(4)13(20)14(5-6-14)10-7-17(3)8-15-10/h7-9,11,21H,5-6H2,1-4H3,(H,16,19)/t11-/m1/s1. The van der Waals surface area contributed by atoms with Crippen molar-refractivity contribution in [1.82, 2.24) is 19.9 Å². The number of hydroxylamine groups is 1. The molecular formula is C14H22N4O3. The van der Waals surface area contributed by atoms with Crippen LogP contribution in [0, 0.1) is 5.92 Å². The van der Waals surface area contributed by atoms with Crippen LogP contribution in [-0.4, -0.2) is 44.6 Å². The molecule has 1 aliphatic carbocycles. The highest BCUT2D eigenvalue weighted by Gasteiger charge is 2.55. The molecular weight excluding hydrogens is 272 g/mol. The van der Waals surface area contributed by atoms with Crippen molar-refractivity contribution in [1.29, 1.82) is 0 Å². The van der Waals surface area contributed by atoms with Crippen LogP contribution in [0.2, 0.25) is 0 Å². The second kappa shape index (κ2) is 5.48. The van der Waals surface area contributed by atoms with E-state index < -0.39 is 17.4 Å². The molecule has 1 fully saturated rings. The maximum atomic E-state index is 12.8. The van der Waals surface area contributed by atoms with Crippen LogP contribution in [0.25, 0.3) is 0 Å². The average molecular weight is 294 g/mol. The Morgan fingerprint density at radius 2 is 2.10 bits per heavy atom. The van der Waals surface area contributed by atoms with Crippen molar-refractivity contribution in [2.45, 2.75) is 38.1 Å². The fourth-order valence-corrected chi connectivity index (χ4v) is 2.82. The number of aryl methyl sites for hydroxylation is 1. The van der Waals surface area contributed by atoms with Crippen LogP contribution in [-0.2, 0) is 22.1 Å². The van der Waals surface area contributed by atoms with Crippen molar-refractivity contribution in [3.8, 4) is 0 Å². The number of carbonyl (C=O) groups excluding carboxylic acids is 2. The van der Waals surface area contributed by atoms with Gasteiger partial charge in [-0.1, -0.05) is 13.8 Å². The van der Waals surface area contributed by atoms with Crippen LogP contribution in [0.5, 0.6) is 0 Å². The lowest BCUT2D eigenvalue weighted by Crippen LogP contribution is -2.52. The van der Waals surface area contributed by atoms with E-state index in [4.69, 9.17) is 5.21 Å². The quantitative estimate of drug-likeness (QED) is 0.609. The van der Waals surface area contributed by atoms with E-state index in [0.29, 0.717) is 0 Å². The normalized spacial score (nSPS) is 17.4. The fraction of sp³-hybridized carbons (Fsp3) is 0.643.